The molecule has 0 saturated carbocycles. The van der Waals surface area contributed by atoms with E-state index in [1.54, 1.807) is 6.33 Å². The van der Waals surface area contributed by atoms with Crippen LogP contribution in [0.25, 0.3) is 0 Å². The maximum absolute atomic E-state index is 12.3. The third-order valence-corrected chi connectivity index (χ3v) is 3.69. The van der Waals surface area contributed by atoms with E-state index in [2.05, 4.69) is 4.98 Å². The van der Waals surface area contributed by atoms with Gasteiger partial charge in [-0.05, 0) is 12.8 Å². The Labute approximate surface area is 107 Å². The molecule has 2 rings (SSSR count). The molecule has 0 bridgehead atoms. The molecule has 2 heterocycles. The van der Waals surface area contributed by atoms with Gasteiger partial charge in [-0.3, -0.25) is 9.59 Å². The molecular formula is C13H19N3O2. The number of hydrogen-bond acceptors (Lipinski definition) is 3. The maximum atomic E-state index is 12.3. The van der Waals surface area contributed by atoms with Crippen molar-refractivity contribution in [1.29, 1.82) is 0 Å². The molecule has 0 spiro atoms. The third-order valence-electron chi connectivity index (χ3n) is 3.69. The highest BCUT2D eigenvalue weighted by Gasteiger charge is 2.26. The van der Waals surface area contributed by atoms with E-state index >= 15 is 0 Å². The maximum Gasteiger partial charge on any atom is 0.226 e. The summed E-state index contributed by atoms with van der Waals surface area (Å²) in [5.41, 5.74) is 1.31. The molecule has 5 heteroatoms. The Kier molecular flexibility index (Phi) is 3.79. The Morgan fingerprint density at radius 2 is 2.17 bits per heavy atom. The smallest absolute Gasteiger partial charge is 0.226 e. The fraction of sp³-hybridized carbons (Fsp3) is 0.615. The van der Waals surface area contributed by atoms with Crippen molar-refractivity contribution in [3.8, 4) is 0 Å². The Balaban J connectivity index is 2.15. The van der Waals surface area contributed by atoms with Gasteiger partial charge in [0.2, 0.25) is 5.91 Å². The molecule has 1 aliphatic rings. The second-order valence-corrected chi connectivity index (χ2v) is 4.66. The first kappa shape index (κ1) is 12.8. The Bertz CT molecular complexity index is 449. The minimum Gasteiger partial charge on any atom is -0.335 e. The first-order chi connectivity index (χ1) is 8.71. The van der Waals surface area contributed by atoms with Crippen molar-refractivity contribution >= 4 is 12.2 Å². The lowest BCUT2D eigenvalue weighted by Gasteiger charge is -2.31. The van der Waals surface area contributed by atoms with Crippen molar-refractivity contribution in [2.24, 2.45) is 5.92 Å². The molecule has 0 aliphatic carbocycles. The lowest BCUT2D eigenvalue weighted by molar-refractivity contribution is -0.137. The minimum atomic E-state index is 0.0964. The number of hydrogen-bond donors (Lipinski definition) is 0. The fourth-order valence-electron chi connectivity index (χ4n) is 2.46. The van der Waals surface area contributed by atoms with E-state index in [-0.39, 0.29) is 11.8 Å². The van der Waals surface area contributed by atoms with Gasteiger partial charge >= 0.3 is 0 Å². The molecule has 0 radical (unpaired) electrons. The molecule has 0 unspecified atom stereocenters. The number of amides is 1. The average Bonchev–Trinajstić information content (AvgIpc) is 2.81. The molecule has 0 N–H and O–H groups in total. The van der Waals surface area contributed by atoms with Gasteiger partial charge in [0.1, 0.15) is 5.69 Å². The first-order valence-electron chi connectivity index (χ1n) is 6.49. The number of aromatic nitrogens is 2. The van der Waals surface area contributed by atoms with Gasteiger partial charge in [-0.15, -0.1) is 0 Å². The molecule has 0 saturated heterocycles. The van der Waals surface area contributed by atoms with Crippen LogP contribution in [0, 0.1) is 5.92 Å². The van der Waals surface area contributed by atoms with Crippen LogP contribution in [0.3, 0.4) is 0 Å². The van der Waals surface area contributed by atoms with E-state index in [9.17, 15) is 9.59 Å². The SMILES string of the molecule is CCC(CC)C(=O)N1CCn2cnc(C=O)c2C1. The Hall–Kier alpha value is -1.65. The summed E-state index contributed by atoms with van der Waals surface area (Å²) in [6.07, 6.45) is 4.17. The summed E-state index contributed by atoms with van der Waals surface area (Å²) < 4.78 is 1.96. The van der Waals surface area contributed by atoms with Gasteiger partial charge in [0.05, 0.1) is 18.6 Å². The molecule has 0 aromatic carbocycles. The Morgan fingerprint density at radius 1 is 1.44 bits per heavy atom. The number of imidazole rings is 1. The summed E-state index contributed by atoms with van der Waals surface area (Å²) in [5, 5.41) is 0. The number of carbonyl (C=O) groups excluding carboxylic acids is 2. The monoisotopic (exact) mass is 249 g/mol. The quantitative estimate of drug-likeness (QED) is 0.759. The van der Waals surface area contributed by atoms with E-state index in [1.165, 1.54) is 0 Å². The van der Waals surface area contributed by atoms with Gasteiger partial charge in [0.25, 0.3) is 0 Å². The van der Waals surface area contributed by atoms with E-state index in [0.717, 1.165) is 31.4 Å². The van der Waals surface area contributed by atoms with E-state index in [4.69, 9.17) is 0 Å². The largest absolute Gasteiger partial charge is 0.335 e. The lowest BCUT2D eigenvalue weighted by atomic mass is 10.0. The number of rotatable bonds is 4. The van der Waals surface area contributed by atoms with Gasteiger partial charge in [-0.2, -0.15) is 0 Å². The molecular weight excluding hydrogens is 230 g/mol. The highest BCUT2D eigenvalue weighted by Crippen LogP contribution is 2.19. The lowest BCUT2D eigenvalue weighted by Crippen LogP contribution is -2.41. The summed E-state index contributed by atoms with van der Waals surface area (Å²) >= 11 is 0. The predicted molar refractivity (Wildman–Crippen MR) is 67.1 cm³/mol. The topological polar surface area (TPSA) is 55.2 Å². The minimum absolute atomic E-state index is 0.0964. The van der Waals surface area contributed by atoms with Gasteiger partial charge in [-0.25, -0.2) is 4.98 Å². The fourth-order valence-corrected chi connectivity index (χ4v) is 2.46. The van der Waals surface area contributed by atoms with Crippen molar-refractivity contribution < 1.29 is 9.59 Å². The zero-order valence-electron chi connectivity index (χ0n) is 10.9. The van der Waals surface area contributed by atoms with Gasteiger partial charge in [0.15, 0.2) is 6.29 Å². The van der Waals surface area contributed by atoms with Crippen molar-refractivity contribution in [2.45, 2.75) is 39.8 Å². The number of nitrogens with zero attached hydrogens (tertiary/aromatic N) is 3. The van der Waals surface area contributed by atoms with Crippen LogP contribution in [0.4, 0.5) is 0 Å². The zero-order chi connectivity index (χ0) is 13.1. The average molecular weight is 249 g/mol. The zero-order valence-corrected chi connectivity index (χ0v) is 10.9. The van der Waals surface area contributed by atoms with Gasteiger partial charge in [0, 0.05) is 19.0 Å². The Morgan fingerprint density at radius 3 is 2.78 bits per heavy atom. The van der Waals surface area contributed by atoms with Crippen molar-refractivity contribution in [3.05, 3.63) is 17.7 Å². The summed E-state index contributed by atoms with van der Waals surface area (Å²) in [6, 6.07) is 0. The standard InChI is InChI=1S/C13H19N3O2/c1-3-10(4-2)13(18)15-5-6-16-9-14-11(8-17)12(16)7-15/h8-10H,3-7H2,1-2H3. The third kappa shape index (κ3) is 2.17. The number of aldehydes is 1. The molecule has 1 aliphatic heterocycles. The van der Waals surface area contributed by atoms with Crippen molar-refractivity contribution in [3.63, 3.8) is 0 Å². The summed E-state index contributed by atoms with van der Waals surface area (Å²) in [6.45, 7) is 6.01. The van der Waals surface area contributed by atoms with Crippen LogP contribution >= 0.6 is 0 Å². The van der Waals surface area contributed by atoms with Gasteiger partial charge < -0.3 is 9.47 Å². The molecule has 1 aromatic heterocycles. The molecule has 0 fully saturated rings. The molecule has 98 valence electrons. The van der Waals surface area contributed by atoms with E-state index < -0.39 is 0 Å². The molecule has 1 aromatic rings. The summed E-state index contributed by atoms with van der Waals surface area (Å²) in [5.74, 6) is 0.295. The predicted octanol–water partition coefficient (Wildman–Crippen LogP) is 1.47. The molecule has 0 atom stereocenters. The number of fused-ring (bicyclic) bond motifs is 1. The van der Waals surface area contributed by atoms with E-state index in [0.29, 0.717) is 18.8 Å². The molecule has 18 heavy (non-hydrogen) atoms. The highest BCUT2D eigenvalue weighted by atomic mass is 16.2. The molecule has 5 nitrogen and oxygen atoms in total. The van der Waals surface area contributed by atoms with Crippen LogP contribution in [0.15, 0.2) is 6.33 Å². The van der Waals surface area contributed by atoms with E-state index in [1.807, 2.05) is 23.3 Å². The highest BCUT2D eigenvalue weighted by molar-refractivity contribution is 5.79. The van der Waals surface area contributed by atoms with Crippen LogP contribution in [0.1, 0.15) is 42.9 Å². The van der Waals surface area contributed by atoms with Crippen LogP contribution in [-0.4, -0.2) is 33.2 Å². The van der Waals surface area contributed by atoms with Crippen LogP contribution < -0.4 is 0 Å². The van der Waals surface area contributed by atoms with Crippen LogP contribution in [0.5, 0.6) is 0 Å². The normalized spacial score (nSPS) is 14.7. The van der Waals surface area contributed by atoms with Crippen LogP contribution in [-0.2, 0) is 17.9 Å². The van der Waals surface area contributed by atoms with Gasteiger partial charge in [-0.1, -0.05) is 13.8 Å². The number of carbonyl (C=O) groups is 2. The first-order valence-corrected chi connectivity index (χ1v) is 6.49. The second kappa shape index (κ2) is 5.33. The summed E-state index contributed by atoms with van der Waals surface area (Å²) in [7, 11) is 0. The van der Waals surface area contributed by atoms with Crippen molar-refractivity contribution in [1.82, 2.24) is 14.5 Å². The van der Waals surface area contributed by atoms with Crippen molar-refractivity contribution in [2.75, 3.05) is 6.54 Å². The summed E-state index contributed by atoms with van der Waals surface area (Å²) in [4.78, 5) is 29.1. The second-order valence-electron chi connectivity index (χ2n) is 4.66. The van der Waals surface area contributed by atoms with Crippen LogP contribution in [0.2, 0.25) is 0 Å². The molecule has 1 amide bonds.